The molecule has 0 spiro atoms. The summed E-state index contributed by atoms with van der Waals surface area (Å²) < 4.78 is 0. The lowest BCUT2D eigenvalue weighted by Crippen LogP contribution is -2.09. The van der Waals surface area contributed by atoms with Gasteiger partial charge in [-0.05, 0) is 31.8 Å². The molecule has 44 valence electrons. The van der Waals surface area contributed by atoms with Gasteiger partial charge in [-0.15, -0.1) is 0 Å². The maximum atomic E-state index is 3.16. The topological polar surface area (TPSA) is 12.0 Å². The molecule has 1 aliphatic rings. The van der Waals surface area contributed by atoms with Gasteiger partial charge in [-0.1, -0.05) is 6.92 Å². The zero-order valence-electron chi connectivity index (χ0n) is 5.07. The average Bonchev–Trinajstić information content (AvgIpc) is 2.22. The third-order valence-electron chi connectivity index (χ3n) is 1.74. The minimum atomic E-state index is 0. The van der Waals surface area contributed by atoms with Gasteiger partial charge in [0.05, 0.1) is 0 Å². The van der Waals surface area contributed by atoms with Crippen molar-refractivity contribution in [3.63, 3.8) is 0 Å². The van der Waals surface area contributed by atoms with Gasteiger partial charge in [-0.2, -0.15) is 0 Å². The van der Waals surface area contributed by atoms with Crippen LogP contribution in [0.5, 0.6) is 0 Å². The van der Waals surface area contributed by atoms with Crippen molar-refractivity contribution >= 4 is 0 Å². The number of rotatable bonds is 2. The highest BCUT2D eigenvalue weighted by molar-refractivity contribution is 4.83. The molecule has 0 saturated heterocycles. The van der Waals surface area contributed by atoms with Gasteiger partial charge in [-0.25, -0.2) is 0 Å². The van der Waals surface area contributed by atoms with Crippen LogP contribution in [-0.4, -0.2) is 13.6 Å². The Kier molecular flexibility index (Phi) is 1.33. The zero-order valence-corrected chi connectivity index (χ0v) is 5.07. The Hall–Kier alpha value is -0.0400. The lowest BCUT2D eigenvalue weighted by Gasteiger charge is -1.90. The lowest BCUT2D eigenvalue weighted by atomic mass is 10.3. The van der Waals surface area contributed by atoms with Crippen molar-refractivity contribution in [2.45, 2.75) is 13.3 Å². The van der Waals surface area contributed by atoms with Gasteiger partial charge < -0.3 is 5.32 Å². The van der Waals surface area contributed by atoms with Crippen LogP contribution in [0.15, 0.2) is 0 Å². The van der Waals surface area contributed by atoms with Gasteiger partial charge in [0.25, 0.3) is 0 Å². The van der Waals surface area contributed by atoms with Crippen LogP contribution in [0.25, 0.3) is 0 Å². The summed E-state index contributed by atoms with van der Waals surface area (Å²) in [6.45, 7) is 3.53. The molecule has 1 nitrogen and oxygen atoms in total. The second-order valence-electron chi connectivity index (χ2n) is 2.53. The van der Waals surface area contributed by atoms with Gasteiger partial charge in [-0.3, -0.25) is 0 Å². The summed E-state index contributed by atoms with van der Waals surface area (Å²) in [5.41, 5.74) is 0. The Balaban J connectivity index is 0.000000490. The summed E-state index contributed by atoms with van der Waals surface area (Å²) in [5, 5.41) is 3.16. The van der Waals surface area contributed by atoms with Crippen LogP contribution in [0.4, 0.5) is 0 Å². The molecule has 0 aromatic rings. The third-order valence-corrected chi connectivity index (χ3v) is 1.74. The zero-order chi connectivity index (χ0) is 5.28. The molecule has 0 bridgehead atoms. The van der Waals surface area contributed by atoms with E-state index in [2.05, 4.69) is 12.2 Å². The van der Waals surface area contributed by atoms with E-state index >= 15 is 0 Å². The van der Waals surface area contributed by atoms with Crippen molar-refractivity contribution in [2.75, 3.05) is 13.6 Å². The smallest absolute Gasteiger partial charge is 0 e. The normalized spacial score (nSPS) is 38.6. The van der Waals surface area contributed by atoms with E-state index in [0.29, 0.717) is 0 Å². The van der Waals surface area contributed by atoms with Crippen LogP contribution in [-0.2, 0) is 0 Å². The highest BCUT2D eigenvalue weighted by atomic mass is 14.8. The fourth-order valence-corrected chi connectivity index (χ4v) is 0.946. The molecule has 0 radical (unpaired) electrons. The molecule has 1 rings (SSSR count). The van der Waals surface area contributed by atoms with Crippen molar-refractivity contribution in [1.82, 2.24) is 5.32 Å². The van der Waals surface area contributed by atoms with Crippen LogP contribution in [0.1, 0.15) is 14.8 Å². The molecule has 1 aliphatic carbocycles. The number of nitrogens with one attached hydrogen (secondary N) is 1. The molecule has 0 amide bonds. The first-order chi connectivity index (χ1) is 3.34. The Labute approximate surface area is 46.6 Å². The van der Waals surface area contributed by atoms with Gasteiger partial charge in [0.15, 0.2) is 0 Å². The molecule has 0 aromatic heterocycles. The summed E-state index contributed by atoms with van der Waals surface area (Å²) in [4.78, 5) is 0. The Morgan fingerprint density at radius 1 is 1.86 bits per heavy atom. The number of hydrogen-bond acceptors (Lipinski definition) is 1. The fourth-order valence-electron chi connectivity index (χ4n) is 0.946. The lowest BCUT2D eigenvalue weighted by molar-refractivity contribution is 0.672. The molecular formula is C6H15N. The first-order valence-corrected chi connectivity index (χ1v) is 2.99. The van der Waals surface area contributed by atoms with Crippen LogP contribution in [0.2, 0.25) is 0 Å². The highest BCUT2D eigenvalue weighted by Crippen LogP contribution is 2.36. The van der Waals surface area contributed by atoms with E-state index in [9.17, 15) is 0 Å². The summed E-state index contributed by atoms with van der Waals surface area (Å²) in [7, 11) is 2.02. The van der Waals surface area contributed by atoms with Gasteiger partial charge >= 0.3 is 0 Å². The third kappa shape index (κ3) is 1.16. The van der Waals surface area contributed by atoms with Crippen molar-refractivity contribution in [2.24, 2.45) is 11.8 Å². The van der Waals surface area contributed by atoms with Crippen molar-refractivity contribution < 1.29 is 1.43 Å². The molecule has 1 heteroatoms. The van der Waals surface area contributed by atoms with Crippen molar-refractivity contribution in [3.8, 4) is 0 Å². The molecule has 7 heavy (non-hydrogen) atoms. The Morgan fingerprint density at radius 3 is 2.57 bits per heavy atom. The molecular weight excluding hydrogens is 86.1 g/mol. The minimum Gasteiger partial charge on any atom is -0.319 e. The summed E-state index contributed by atoms with van der Waals surface area (Å²) in [6, 6.07) is 0. The van der Waals surface area contributed by atoms with E-state index in [0.717, 1.165) is 11.8 Å². The van der Waals surface area contributed by atoms with E-state index in [4.69, 9.17) is 0 Å². The van der Waals surface area contributed by atoms with Gasteiger partial charge in [0.1, 0.15) is 0 Å². The van der Waals surface area contributed by atoms with Crippen LogP contribution < -0.4 is 5.32 Å². The standard InChI is InChI=1S/C6H13N.H2/c1-5-3-6(5)4-7-2;/h5-7H,3-4H2,1-2H3;1H/t5?,6-;/m1./s1. The average molecular weight is 101 g/mol. The maximum absolute atomic E-state index is 3.16. The maximum Gasteiger partial charge on any atom is 0 e. The van der Waals surface area contributed by atoms with E-state index in [1.807, 2.05) is 7.05 Å². The van der Waals surface area contributed by atoms with E-state index in [-0.39, 0.29) is 1.43 Å². The quantitative estimate of drug-likeness (QED) is 0.549. The first-order valence-electron chi connectivity index (χ1n) is 2.99. The molecule has 2 atom stereocenters. The molecule has 1 unspecified atom stereocenters. The van der Waals surface area contributed by atoms with Crippen LogP contribution in [0.3, 0.4) is 0 Å². The van der Waals surface area contributed by atoms with Crippen LogP contribution >= 0.6 is 0 Å². The first kappa shape index (κ1) is 5.10. The second kappa shape index (κ2) is 1.83. The SMILES string of the molecule is CNC[C@H]1CC1C.[HH]. The van der Waals surface area contributed by atoms with Crippen LogP contribution in [0, 0.1) is 11.8 Å². The molecule has 1 fully saturated rings. The number of hydrogen-bond donors (Lipinski definition) is 1. The molecule has 1 N–H and O–H groups in total. The van der Waals surface area contributed by atoms with Gasteiger partial charge in [0, 0.05) is 1.43 Å². The fraction of sp³-hybridized carbons (Fsp3) is 1.00. The Bertz CT molecular complexity index is 65.5. The minimum absolute atomic E-state index is 0. The van der Waals surface area contributed by atoms with Crippen molar-refractivity contribution in [3.05, 3.63) is 0 Å². The summed E-state index contributed by atoms with van der Waals surface area (Å²) in [5.74, 6) is 2.01. The molecule has 0 aliphatic heterocycles. The second-order valence-corrected chi connectivity index (χ2v) is 2.53. The predicted molar refractivity (Wildman–Crippen MR) is 33.3 cm³/mol. The van der Waals surface area contributed by atoms with Gasteiger partial charge in [0.2, 0.25) is 0 Å². The largest absolute Gasteiger partial charge is 0.319 e. The van der Waals surface area contributed by atoms with E-state index < -0.39 is 0 Å². The highest BCUT2D eigenvalue weighted by Gasteiger charge is 2.30. The summed E-state index contributed by atoms with van der Waals surface area (Å²) in [6.07, 6.45) is 1.45. The molecule has 1 saturated carbocycles. The summed E-state index contributed by atoms with van der Waals surface area (Å²) >= 11 is 0. The van der Waals surface area contributed by atoms with Crippen molar-refractivity contribution in [1.29, 1.82) is 0 Å². The monoisotopic (exact) mass is 101 g/mol. The predicted octanol–water partition coefficient (Wildman–Crippen LogP) is 1.11. The molecule has 0 heterocycles. The van der Waals surface area contributed by atoms with E-state index in [1.54, 1.807) is 0 Å². The molecule has 0 aromatic carbocycles. The van der Waals surface area contributed by atoms with E-state index in [1.165, 1.54) is 13.0 Å². The Morgan fingerprint density at radius 2 is 2.43 bits per heavy atom.